The van der Waals surface area contributed by atoms with E-state index in [9.17, 15) is 24.6 Å². The van der Waals surface area contributed by atoms with E-state index in [1.165, 1.54) is 0 Å². The fourth-order valence-electron chi connectivity index (χ4n) is 0.844. The number of amides is 1. The fraction of sp³-hybridized carbons (Fsp3) is 0.250. The first-order chi connectivity index (χ1) is 8.84. The van der Waals surface area contributed by atoms with Crippen molar-refractivity contribution in [2.75, 3.05) is 6.54 Å². The summed E-state index contributed by atoms with van der Waals surface area (Å²) < 4.78 is 0. The Labute approximate surface area is 109 Å². The van der Waals surface area contributed by atoms with Gasteiger partial charge in [-0.3, -0.25) is 4.79 Å². The van der Waals surface area contributed by atoms with Gasteiger partial charge in [0.25, 0.3) is 5.91 Å². The summed E-state index contributed by atoms with van der Waals surface area (Å²) in [6.45, 7) is 0.670. The van der Waals surface area contributed by atoms with Gasteiger partial charge in [-0.1, -0.05) is 18.2 Å². The van der Waals surface area contributed by atoms with Gasteiger partial charge in [-0.05, 0) is 19.1 Å². The van der Waals surface area contributed by atoms with Crippen molar-refractivity contribution in [3.63, 3.8) is 0 Å². The highest BCUT2D eigenvalue weighted by Crippen LogP contribution is 1.96. The molecule has 1 rings (SSSR count). The molecule has 0 radical (unpaired) electrons. The van der Waals surface area contributed by atoms with Crippen LogP contribution in [-0.4, -0.2) is 35.6 Å². The van der Waals surface area contributed by atoms with Crippen molar-refractivity contribution >= 4 is 17.8 Å². The van der Waals surface area contributed by atoms with Crippen molar-refractivity contribution in [3.8, 4) is 0 Å². The van der Waals surface area contributed by atoms with Crippen LogP contribution in [-0.2, 0) is 9.59 Å². The Balaban J connectivity index is 0.000000459. The van der Waals surface area contributed by atoms with Gasteiger partial charge in [0.15, 0.2) is 0 Å². The second-order valence-corrected chi connectivity index (χ2v) is 3.42. The van der Waals surface area contributed by atoms with E-state index in [2.05, 4.69) is 5.32 Å². The summed E-state index contributed by atoms with van der Waals surface area (Å²) >= 11 is 0. The summed E-state index contributed by atoms with van der Waals surface area (Å²) in [7, 11) is 0. The van der Waals surface area contributed by atoms with Crippen LogP contribution in [0.25, 0.3) is 0 Å². The number of aliphatic carboxylic acids is 2. The van der Waals surface area contributed by atoms with Gasteiger partial charge in [-0.2, -0.15) is 0 Å². The number of carbonyl (C=O) groups is 3. The highest BCUT2D eigenvalue weighted by Gasteiger charge is 2.01. The lowest BCUT2D eigenvalue weighted by molar-refractivity contribution is -0.314. The van der Waals surface area contributed by atoms with Gasteiger partial charge in [-0.25, -0.2) is 0 Å². The zero-order valence-electron chi connectivity index (χ0n) is 10.2. The maximum Gasteiger partial charge on any atom is 0.251 e. The lowest BCUT2D eigenvalue weighted by Gasteiger charge is -2.04. The van der Waals surface area contributed by atoms with E-state index < -0.39 is 30.5 Å². The molecule has 7 heteroatoms. The Bertz CT molecular complexity index is 429. The van der Waals surface area contributed by atoms with Crippen molar-refractivity contribution in [1.29, 1.82) is 0 Å². The molecule has 0 aliphatic heterocycles. The van der Waals surface area contributed by atoms with Crippen LogP contribution in [0, 0.1) is 0 Å². The molecule has 0 bridgehead atoms. The summed E-state index contributed by atoms with van der Waals surface area (Å²) in [5.41, 5.74) is 0.434. The Hall–Kier alpha value is -2.41. The SMILES string of the molecule is CC(O)C(=O)[O-].O=C([O-])CNC(=O)c1ccccc1. The average Bonchev–Trinajstić information content (AvgIpc) is 2.37. The fourth-order valence-corrected chi connectivity index (χ4v) is 0.844. The highest BCUT2D eigenvalue weighted by atomic mass is 16.4. The molecule has 104 valence electrons. The number of carboxylic acid groups (broad SMARTS) is 2. The summed E-state index contributed by atoms with van der Waals surface area (Å²) in [6, 6.07) is 8.38. The van der Waals surface area contributed by atoms with Crippen LogP contribution in [0.3, 0.4) is 0 Å². The van der Waals surface area contributed by atoms with Crippen LogP contribution in [0.5, 0.6) is 0 Å². The number of aliphatic hydroxyl groups is 1. The normalized spacial score (nSPS) is 10.6. The maximum absolute atomic E-state index is 11.1. The summed E-state index contributed by atoms with van der Waals surface area (Å²) in [5, 5.41) is 29.5. The molecule has 0 heterocycles. The van der Waals surface area contributed by atoms with E-state index >= 15 is 0 Å². The van der Waals surface area contributed by atoms with Crippen molar-refractivity contribution in [2.24, 2.45) is 0 Å². The Morgan fingerprint density at radius 2 is 1.68 bits per heavy atom. The van der Waals surface area contributed by atoms with E-state index in [0.29, 0.717) is 5.56 Å². The molecule has 0 saturated carbocycles. The number of carboxylic acids is 2. The maximum atomic E-state index is 11.1. The molecule has 1 aromatic carbocycles. The first kappa shape index (κ1) is 16.6. The number of carbonyl (C=O) groups excluding carboxylic acids is 3. The standard InChI is InChI=1S/C9H9NO3.C3H6O3/c11-8(12)6-10-9(13)7-4-2-1-3-5-7;1-2(4)3(5)6/h1-5H,6H2,(H,10,13)(H,11,12);2,4H,1H3,(H,5,6)/p-2. The van der Waals surface area contributed by atoms with Crippen LogP contribution in [0.15, 0.2) is 30.3 Å². The van der Waals surface area contributed by atoms with E-state index in [1.807, 2.05) is 0 Å². The van der Waals surface area contributed by atoms with Crippen LogP contribution < -0.4 is 15.5 Å². The van der Waals surface area contributed by atoms with Crippen LogP contribution >= 0.6 is 0 Å². The first-order valence-corrected chi connectivity index (χ1v) is 5.26. The minimum atomic E-state index is -1.44. The molecule has 7 nitrogen and oxygen atoms in total. The molecule has 0 saturated heterocycles. The molecule has 2 N–H and O–H groups in total. The summed E-state index contributed by atoms with van der Waals surface area (Å²) in [4.78, 5) is 30.5. The molecule has 19 heavy (non-hydrogen) atoms. The zero-order valence-corrected chi connectivity index (χ0v) is 10.2. The third-order valence-electron chi connectivity index (χ3n) is 1.77. The Kier molecular flexibility index (Phi) is 7.55. The lowest BCUT2D eigenvalue weighted by Crippen LogP contribution is -2.37. The number of benzene rings is 1. The Morgan fingerprint density at radius 1 is 1.21 bits per heavy atom. The second-order valence-electron chi connectivity index (χ2n) is 3.42. The minimum Gasteiger partial charge on any atom is -0.548 e. The van der Waals surface area contributed by atoms with Crippen molar-refractivity contribution in [3.05, 3.63) is 35.9 Å². The molecule has 1 amide bonds. The van der Waals surface area contributed by atoms with Gasteiger partial charge in [0.2, 0.25) is 0 Å². The largest absolute Gasteiger partial charge is 0.548 e. The van der Waals surface area contributed by atoms with E-state index in [4.69, 9.17) is 5.11 Å². The van der Waals surface area contributed by atoms with Crippen molar-refractivity contribution < 1.29 is 29.7 Å². The molecule has 1 atom stereocenters. The first-order valence-electron chi connectivity index (χ1n) is 5.26. The molecule has 0 aliphatic rings. The van der Waals surface area contributed by atoms with Gasteiger partial charge in [0.05, 0.1) is 24.6 Å². The molecule has 0 aliphatic carbocycles. The predicted octanol–water partition coefficient (Wildman–Crippen LogP) is -2.72. The van der Waals surface area contributed by atoms with Crippen molar-refractivity contribution in [1.82, 2.24) is 5.32 Å². The monoisotopic (exact) mass is 267 g/mol. The van der Waals surface area contributed by atoms with Crippen LogP contribution in [0.2, 0.25) is 0 Å². The van der Waals surface area contributed by atoms with E-state index in [0.717, 1.165) is 6.92 Å². The third-order valence-corrected chi connectivity index (χ3v) is 1.77. The second kappa shape index (κ2) is 8.65. The zero-order chi connectivity index (χ0) is 14.8. The number of hydrogen-bond donors (Lipinski definition) is 2. The molecule has 0 spiro atoms. The van der Waals surface area contributed by atoms with Crippen LogP contribution in [0.1, 0.15) is 17.3 Å². The molecule has 0 aromatic heterocycles. The average molecular weight is 267 g/mol. The van der Waals surface area contributed by atoms with Gasteiger partial charge >= 0.3 is 0 Å². The summed E-state index contributed by atoms with van der Waals surface area (Å²) in [5.74, 6) is -3.15. The number of hydrogen-bond acceptors (Lipinski definition) is 6. The number of rotatable bonds is 4. The smallest absolute Gasteiger partial charge is 0.251 e. The molecule has 1 unspecified atom stereocenters. The summed E-state index contributed by atoms with van der Waals surface area (Å²) in [6.07, 6.45) is -1.34. The third kappa shape index (κ3) is 8.33. The van der Waals surface area contributed by atoms with Gasteiger partial charge in [0, 0.05) is 5.56 Å². The topological polar surface area (TPSA) is 130 Å². The molecule has 0 fully saturated rings. The van der Waals surface area contributed by atoms with E-state index in [-0.39, 0.29) is 0 Å². The quantitative estimate of drug-likeness (QED) is 0.609. The van der Waals surface area contributed by atoms with Crippen LogP contribution in [0.4, 0.5) is 0 Å². The predicted molar refractivity (Wildman–Crippen MR) is 60.5 cm³/mol. The number of nitrogens with one attached hydrogen (secondary N) is 1. The van der Waals surface area contributed by atoms with Gasteiger partial charge < -0.3 is 30.2 Å². The highest BCUT2D eigenvalue weighted by molar-refractivity contribution is 5.95. The minimum absolute atomic E-state index is 0.412. The number of aliphatic hydroxyl groups excluding tert-OH is 1. The van der Waals surface area contributed by atoms with Crippen molar-refractivity contribution in [2.45, 2.75) is 13.0 Å². The van der Waals surface area contributed by atoms with Gasteiger partial charge in [-0.15, -0.1) is 0 Å². The molecule has 1 aromatic rings. The van der Waals surface area contributed by atoms with Gasteiger partial charge in [0.1, 0.15) is 0 Å². The van der Waals surface area contributed by atoms with E-state index in [1.54, 1.807) is 30.3 Å². The molecular formula is C12H13NO6-2. The lowest BCUT2D eigenvalue weighted by atomic mass is 10.2. The Morgan fingerprint density at radius 3 is 2.05 bits per heavy atom. The molecular weight excluding hydrogens is 254 g/mol.